The first-order valence-corrected chi connectivity index (χ1v) is 7.94. The number of carbonyl (C=O) groups excluding carboxylic acids is 1. The van der Waals surface area contributed by atoms with Crippen molar-refractivity contribution in [2.24, 2.45) is 0 Å². The van der Waals surface area contributed by atoms with Crippen LogP contribution in [0.25, 0.3) is 0 Å². The van der Waals surface area contributed by atoms with E-state index in [-0.39, 0.29) is 5.91 Å². The maximum atomic E-state index is 12.1. The van der Waals surface area contributed by atoms with Crippen LogP contribution in [0.5, 0.6) is 0 Å². The SMILES string of the molecule is O=C(NCCc1ccccc1)c1ccc(CN2CCCC2)o1. The zero-order chi connectivity index (χ0) is 15.2. The van der Waals surface area contributed by atoms with Crippen molar-refractivity contribution in [3.63, 3.8) is 0 Å². The summed E-state index contributed by atoms with van der Waals surface area (Å²) >= 11 is 0. The van der Waals surface area contributed by atoms with Gasteiger partial charge in [-0.25, -0.2) is 0 Å². The van der Waals surface area contributed by atoms with Crippen LogP contribution in [0.15, 0.2) is 46.9 Å². The second kappa shape index (κ2) is 7.27. The van der Waals surface area contributed by atoms with Gasteiger partial charge in [0.25, 0.3) is 5.91 Å². The zero-order valence-corrected chi connectivity index (χ0v) is 12.8. The molecule has 0 spiro atoms. The predicted molar refractivity (Wildman–Crippen MR) is 85.7 cm³/mol. The standard InChI is InChI=1S/C18H22N2O2/c21-18(19-11-10-15-6-2-1-3-7-15)17-9-8-16(22-17)14-20-12-4-5-13-20/h1-3,6-9H,4-5,10-14H2,(H,19,21). The minimum absolute atomic E-state index is 0.136. The van der Waals surface area contributed by atoms with Gasteiger partial charge in [-0.3, -0.25) is 9.69 Å². The molecule has 0 saturated carbocycles. The van der Waals surface area contributed by atoms with E-state index in [1.165, 1.54) is 18.4 Å². The van der Waals surface area contributed by atoms with Crippen LogP contribution in [0.1, 0.15) is 34.7 Å². The largest absolute Gasteiger partial charge is 0.455 e. The molecule has 0 atom stereocenters. The molecule has 4 heteroatoms. The molecule has 0 unspecified atom stereocenters. The Hall–Kier alpha value is -2.07. The Morgan fingerprint density at radius 3 is 2.64 bits per heavy atom. The lowest BCUT2D eigenvalue weighted by Crippen LogP contribution is -2.25. The van der Waals surface area contributed by atoms with Crippen LogP contribution in [0.4, 0.5) is 0 Å². The number of furan rings is 1. The predicted octanol–water partition coefficient (Wildman–Crippen LogP) is 2.85. The Morgan fingerprint density at radius 1 is 1.09 bits per heavy atom. The van der Waals surface area contributed by atoms with E-state index in [1.54, 1.807) is 6.07 Å². The number of carbonyl (C=O) groups is 1. The lowest BCUT2D eigenvalue weighted by atomic mass is 10.1. The quantitative estimate of drug-likeness (QED) is 0.892. The highest BCUT2D eigenvalue weighted by molar-refractivity contribution is 5.91. The highest BCUT2D eigenvalue weighted by atomic mass is 16.4. The summed E-state index contributed by atoms with van der Waals surface area (Å²) in [6, 6.07) is 13.8. The van der Waals surface area contributed by atoms with Gasteiger partial charge in [-0.2, -0.15) is 0 Å². The summed E-state index contributed by atoms with van der Waals surface area (Å²) in [5, 5.41) is 2.91. The summed E-state index contributed by atoms with van der Waals surface area (Å²) in [4.78, 5) is 14.4. The average Bonchev–Trinajstić information content (AvgIpc) is 3.21. The van der Waals surface area contributed by atoms with Gasteiger partial charge < -0.3 is 9.73 Å². The summed E-state index contributed by atoms with van der Waals surface area (Å²) in [6.07, 6.45) is 3.34. The van der Waals surface area contributed by atoms with Gasteiger partial charge in [0.2, 0.25) is 0 Å². The molecule has 2 aromatic rings. The second-order valence-corrected chi connectivity index (χ2v) is 5.74. The number of hydrogen-bond acceptors (Lipinski definition) is 3. The molecule has 0 bridgehead atoms. The van der Waals surface area contributed by atoms with E-state index in [2.05, 4.69) is 22.3 Å². The molecular formula is C18H22N2O2. The second-order valence-electron chi connectivity index (χ2n) is 5.74. The lowest BCUT2D eigenvalue weighted by molar-refractivity contribution is 0.0923. The van der Waals surface area contributed by atoms with Crippen molar-refractivity contribution in [3.8, 4) is 0 Å². The zero-order valence-electron chi connectivity index (χ0n) is 12.8. The van der Waals surface area contributed by atoms with Crippen LogP contribution >= 0.6 is 0 Å². The Morgan fingerprint density at radius 2 is 1.86 bits per heavy atom. The van der Waals surface area contributed by atoms with Crippen molar-refractivity contribution in [1.82, 2.24) is 10.2 Å². The number of rotatable bonds is 6. The van der Waals surface area contributed by atoms with E-state index in [0.29, 0.717) is 12.3 Å². The molecule has 0 radical (unpaired) electrons. The first-order valence-electron chi connectivity index (χ1n) is 7.94. The summed E-state index contributed by atoms with van der Waals surface area (Å²) < 4.78 is 5.66. The van der Waals surface area contributed by atoms with Crippen molar-refractivity contribution >= 4 is 5.91 Å². The highest BCUT2D eigenvalue weighted by Gasteiger charge is 2.15. The third kappa shape index (κ3) is 3.98. The van der Waals surface area contributed by atoms with Gasteiger partial charge in [0.1, 0.15) is 5.76 Å². The van der Waals surface area contributed by atoms with Gasteiger partial charge in [-0.05, 0) is 50.0 Å². The first kappa shape index (κ1) is 14.9. The van der Waals surface area contributed by atoms with Crippen molar-refractivity contribution in [2.45, 2.75) is 25.8 Å². The molecule has 1 N–H and O–H groups in total. The number of hydrogen-bond donors (Lipinski definition) is 1. The van der Waals surface area contributed by atoms with Crippen LogP contribution in [0.2, 0.25) is 0 Å². The third-order valence-corrected chi connectivity index (χ3v) is 4.01. The minimum Gasteiger partial charge on any atom is -0.455 e. The summed E-state index contributed by atoms with van der Waals surface area (Å²) in [5.41, 5.74) is 1.22. The Bertz CT molecular complexity index is 601. The fourth-order valence-corrected chi connectivity index (χ4v) is 2.80. The van der Waals surface area contributed by atoms with E-state index in [4.69, 9.17) is 4.42 Å². The van der Waals surface area contributed by atoms with Crippen LogP contribution in [-0.2, 0) is 13.0 Å². The molecule has 2 heterocycles. The van der Waals surface area contributed by atoms with Gasteiger partial charge >= 0.3 is 0 Å². The smallest absolute Gasteiger partial charge is 0.287 e. The summed E-state index contributed by atoms with van der Waals surface area (Å²) in [7, 11) is 0. The highest BCUT2D eigenvalue weighted by Crippen LogP contribution is 2.15. The third-order valence-electron chi connectivity index (χ3n) is 4.01. The molecule has 1 aliphatic heterocycles. The molecule has 0 aliphatic carbocycles. The number of nitrogens with zero attached hydrogens (tertiary/aromatic N) is 1. The molecule has 1 amide bonds. The Balaban J connectivity index is 1.46. The van der Waals surface area contributed by atoms with Crippen LogP contribution in [0, 0.1) is 0 Å². The maximum Gasteiger partial charge on any atom is 0.287 e. The number of nitrogens with one attached hydrogen (secondary N) is 1. The van der Waals surface area contributed by atoms with Crippen molar-refractivity contribution < 1.29 is 9.21 Å². The molecule has 4 nitrogen and oxygen atoms in total. The molecule has 1 aromatic heterocycles. The van der Waals surface area contributed by atoms with Gasteiger partial charge in [0.15, 0.2) is 5.76 Å². The number of amides is 1. The molecule has 1 fully saturated rings. The molecule has 1 aliphatic rings. The molecule has 116 valence electrons. The van der Waals surface area contributed by atoms with E-state index in [0.717, 1.165) is 31.8 Å². The lowest BCUT2D eigenvalue weighted by Gasteiger charge is -2.11. The van der Waals surface area contributed by atoms with Gasteiger partial charge in [-0.1, -0.05) is 30.3 Å². The fourth-order valence-electron chi connectivity index (χ4n) is 2.80. The maximum absolute atomic E-state index is 12.1. The van der Waals surface area contributed by atoms with Crippen molar-refractivity contribution in [3.05, 3.63) is 59.5 Å². The summed E-state index contributed by atoms with van der Waals surface area (Å²) in [6.45, 7) is 3.67. The first-order chi connectivity index (χ1) is 10.8. The monoisotopic (exact) mass is 298 g/mol. The fraction of sp³-hybridized carbons (Fsp3) is 0.389. The molecule has 3 rings (SSSR count). The van der Waals surface area contributed by atoms with Crippen LogP contribution in [0.3, 0.4) is 0 Å². The van der Waals surface area contributed by atoms with E-state index < -0.39 is 0 Å². The van der Waals surface area contributed by atoms with Gasteiger partial charge in [-0.15, -0.1) is 0 Å². The van der Waals surface area contributed by atoms with E-state index in [9.17, 15) is 4.79 Å². The van der Waals surface area contributed by atoms with Crippen LogP contribution in [-0.4, -0.2) is 30.4 Å². The summed E-state index contributed by atoms with van der Waals surface area (Å²) in [5.74, 6) is 1.14. The molecular weight excluding hydrogens is 276 g/mol. The number of benzene rings is 1. The Labute approximate surface area is 131 Å². The Kier molecular flexibility index (Phi) is 4.91. The minimum atomic E-state index is -0.136. The van der Waals surface area contributed by atoms with Crippen molar-refractivity contribution in [1.29, 1.82) is 0 Å². The van der Waals surface area contributed by atoms with E-state index in [1.807, 2.05) is 24.3 Å². The molecule has 22 heavy (non-hydrogen) atoms. The van der Waals surface area contributed by atoms with Crippen molar-refractivity contribution in [2.75, 3.05) is 19.6 Å². The normalized spacial score (nSPS) is 15.1. The molecule has 1 aromatic carbocycles. The van der Waals surface area contributed by atoms with Gasteiger partial charge in [0, 0.05) is 6.54 Å². The molecule has 1 saturated heterocycles. The number of likely N-dealkylation sites (tertiary alicyclic amines) is 1. The average molecular weight is 298 g/mol. The topological polar surface area (TPSA) is 45.5 Å². The van der Waals surface area contributed by atoms with Crippen LogP contribution < -0.4 is 5.32 Å². The van der Waals surface area contributed by atoms with Gasteiger partial charge in [0.05, 0.1) is 6.54 Å². The van der Waals surface area contributed by atoms with E-state index >= 15 is 0 Å².